The highest BCUT2D eigenvalue weighted by Gasteiger charge is 2.18. The first kappa shape index (κ1) is 17.8. The van der Waals surface area contributed by atoms with Gasteiger partial charge in [-0.2, -0.15) is 5.26 Å². The Morgan fingerprint density at radius 1 is 1.37 bits per heavy atom. The van der Waals surface area contributed by atoms with Crippen molar-refractivity contribution in [1.29, 1.82) is 5.26 Å². The minimum Gasteiger partial charge on any atom is -0.198 e. The van der Waals surface area contributed by atoms with Gasteiger partial charge in [0, 0.05) is 4.91 Å². The highest BCUT2D eigenvalue weighted by Crippen LogP contribution is 2.31. The fraction of sp³-hybridized carbons (Fsp3) is 0.471. The minimum atomic E-state index is -0.342. The van der Waals surface area contributed by atoms with E-state index in [2.05, 4.69) is 38.3 Å². The molecule has 0 aromatic heterocycles. The minimum absolute atomic E-state index is 0.342. The molecular weight excluding hydrogens is 250 g/mol. The van der Waals surface area contributed by atoms with Crippen LogP contribution < -0.4 is 0 Å². The lowest BCUT2D eigenvalue weighted by Gasteiger charge is -2.17. The van der Waals surface area contributed by atoms with Crippen LogP contribution in [-0.4, -0.2) is 5.75 Å². The van der Waals surface area contributed by atoms with Crippen LogP contribution in [0.15, 0.2) is 46.9 Å². The van der Waals surface area contributed by atoms with Gasteiger partial charge in [-0.05, 0) is 57.1 Å². The molecule has 0 heterocycles. The third-order valence-corrected chi connectivity index (χ3v) is 3.71. The monoisotopic (exact) mass is 275 g/mol. The van der Waals surface area contributed by atoms with E-state index in [1.807, 2.05) is 27.7 Å². The van der Waals surface area contributed by atoms with E-state index in [4.69, 9.17) is 5.26 Å². The van der Waals surface area contributed by atoms with Crippen LogP contribution in [-0.2, 0) is 0 Å². The molecule has 19 heavy (non-hydrogen) atoms. The fourth-order valence-corrected chi connectivity index (χ4v) is 2.43. The van der Waals surface area contributed by atoms with Gasteiger partial charge in [0.1, 0.15) is 0 Å². The van der Waals surface area contributed by atoms with Crippen LogP contribution in [0, 0.1) is 16.7 Å². The van der Waals surface area contributed by atoms with Crippen molar-refractivity contribution in [3.8, 4) is 6.07 Å². The second-order valence-electron chi connectivity index (χ2n) is 5.24. The largest absolute Gasteiger partial charge is 0.198 e. The molecule has 0 saturated carbocycles. The number of thioether (sulfide) groups is 1. The standard InChI is InChI=1S/C17H25NS/c1-8-15(11-17(6,7)12-18)10-16(19-9-2)14(5)13(3)4/h8,10H,3,5,9,11H2,1-2,4,6-7H3/b15-8+,16-10+. The molecule has 0 aromatic rings. The third-order valence-electron chi connectivity index (χ3n) is 2.75. The Labute approximate surface area is 122 Å². The van der Waals surface area contributed by atoms with E-state index in [0.29, 0.717) is 0 Å². The van der Waals surface area contributed by atoms with Gasteiger partial charge in [0.25, 0.3) is 0 Å². The summed E-state index contributed by atoms with van der Waals surface area (Å²) in [4.78, 5) is 1.15. The SMILES string of the molecule is C=C(C)C(=C)/C(=C\C(=C/C)CC(C)(C)C#N)SCC. The van der Waals surface area contributed by atoms with Crippen molar-refractivity contribution >= 4 is 11.8 Å². The molecule has 104 valence electrons. The maximum atomic E-state index is 9.14. The molecule has 0 rings (SSSR count). The third kappa shape index (κ3) is 6.50. The van der Waals surface area contributed by atoms with E-state index in [-0.39, 0.29) is 5.41 Å². The molecule has 0 N–H and O–H groups in total. The summed E-state index contributed by atoms with van der Waals surface area (Å²) in [5, 5.41) is 9.14. The molecule has 0 aromatic carbocycles. The Morgan fingerprint density at radius 3 is 2.32 bits per heavy atom. The van der Waals surface area contributed by atoms with Crippen molar-refractivity contribution in [2.45, 2.75) is 41.0 Å². The average Bonchev–Trinajstić information content (AvgIpc) is 2.35. The zero-order valence-corrected chi connectivity index (χ0v) is 13.7. The first-order valence-corrected chi connectivity index (χ1v) is 7.52. The maximum Gasteiger partial charge on any atom is 0.0687 e. The Morgan fingerprint density at radius 2 is 1.95 bits per heavy atom. The second kappa shape index (κ2) is 8.07. The molecule has 0 unspecified atom stereocenters. The summed E-state index contributed by atoms with van der Waals surface area (Å²) in [7, 11) is 0. The molecule has 0 fully saturated rings. The summed E-state index contributed by atoms with van der Waals surface area (Å²) in [6.07, 6.45) is 4.96. The molecule has 0 radical (unpaired) electrons. The van der Waals surface area contributed by atoms with E-state index >= 15 is 0 Å². The van der Waals surface area contributed by atoms with E-state index in [0.717, 1.165) is 28.2 Å². The van der Waals surface area contributed by atoms with Crippen molar-refractivity contribution < 1.29 is 0 Å². The maximum absolute atomic E-state index is 9.14. The fourth-order valence-electron chi connectivity index (χ4n) is 1.54. The zero-order valence-electron chi connectivity index (χ0n) is 12.8. The summed E-state index contributed by atoms with van der Waals surface area (Å²) in [6, 6.07) is 2.35. The Hall–Kier alpha value is -1.20. The van der Waals surface area contributed by atoms with Crippen molar-refractivity contribution in [3.63, 3.8) is 0 Å². The number of allylic oxidation sites excluding steroid dienone is 5. The molecule has 0 amide bonds. The number of hydrogen-bond acceptors (Lipinski definition) is 2. The van der Waals surface area contributed by atoms with Crippen molar-refractivity contribution in [2.24, 2.45) is 5.41 Å². The highest BCUT2D eigenvalue weighted by molar-refractivity contribution is 8.03. The topological polar surface area (TPSA) is 23.8 Å². The molecule has 0 spiro atoms. The molecular formula is C17H25NS. The van der Waals surface area contributed by atoms with Gasteiger partial charge in [0.2, 0.25) is 0 Å². The second-order valence-corrected chi connectivity index (χ2v) is 6.54. The van der Waals surface area contributed by atoms with E-state index in [9.17, 15) is 0 Å². The number of nitrogens with zero attached hydrogens (tertiary/aromatic N) is 1. The number of hydrogen-bond donors (Lipinski definition) is 0. The summed E-state index contributed by atoms with van der Waals surface area (Å²) < 4.78 is 0. The number of nitriles is 1. The van der Waals surface area contributed by atoms with Crippen molar-refractivity contribution in [3.05, 3.63) is 46.9 Å². The van der Waals surface area contributed by atoms with Crippen molar-refractivity contribution in [2.75, 3.05) is 5.75 Å². The van der Waals surface area contributed by atoms with Crippen LogP contribution in [0.25, 0.3) is 0 Å². The predicted octanol–water partition coefficient (Wildman–Crippen LogP) is 5.64. The zero-order chi connectivity index (χ0) is 15.1. The van der Waals surface area contributed by atoms with Crippen LogP contribution in [0.5, 0.6) is 0 Å². The van der Waals surface area contributed by atoms with Gasteiger partial charge in [-0.15, -0.1) is 11.8 Å². The lowest BCUT2D eigenvalue weighted by atomic mass is 9.87. The molecule has 0 bridgehead atoms. The van der Waals surface area contributed by atoms with E-state index in [1.165, 1.54) is 5.57 Å². The lowest BCUT2D eigenvalue weighted by Crippen LogP contribution is -2.08. The molecule has 1 nitrogen and oxygen atoms in total. The van der Waals surface area contributed by atoms with Crippen LogP contribution in [0.1, 0.15) is 41.0 Å². The molecule has 2 heteroatoms. The van der Waals surface area contributed by atoms with Gasteiger partial charge < -0.3 is 0 Å². The molecule has 0 aliphatic rings. The quantitative estimate of drug-likeness (QED) is 0.561. The van der Waals surface area contributed by atoms with Gasteiger partial charge in [-0.25, -0.2) is 0 Å². The van der Waals surface area contributed by atoms with Gasteiger partial charge in [0.05, 0.1) is 11.5 Å². The van der Waals surface area contributed by atoms with E-state index in [1.54, 1.807) is 11.8 Å². The van der Waals surface area contributed by atoms with Gasteiger partial charge in [-0.3, -0.25) is 0 Å². The van der Waals surface area contributed by atoms with Crippen molar-refractivity contribution in [1.82, 2.24) is 0 Å². The van der Waals surface area contributed by atoms with Crippen LogP contribution in [0.3, 0.4) is 0 Å². The lowest BCUT2D eigenvalue weighted by molar-refractivity contribution is 0.495. The summed E-state index contributed by atoms with van der Waals surface area (Å²) in [5.41, 5.74) is 2.80. The normalized spacial score (nSPS) is 13.1. The van der Waals surface area contributed by atoms with E-state index < -0.39 is 0 Å². The molecule has 0 aliphatic heterocycles. The molecule has 0 saturated heterocycles. The van der Waals surface area contributed by atoms with Crippen LogP contribution >= 0.6 is 11.8 Å². The predicted molar refractivity (Wildman–Crippen MR) is 87.9 cm³/mol. The Bertz CT molecular complexity index is 444. The first-order chi connectivity index (χ1) is 8.77. The summed E-state index contributed by atoms with van der Waals surface area (Å²) >= 11 is 1.77. The summed E-state index contributed by atoms with van der Waals surface area (Å²) in [5.74, 6) is 0.997. The van der Waals surface area contributed by atoms with Gasteiger partial charge in [-0.1, -0.05) is 31.7 Å². The average molecular weight is 275 g/mol. The molecule has 0 aliphatic carbocycles. The van der Waals surface area contributed by atoms with Crippen LogP contribution in [0.4, 0.5) is 0 Å². The smallest absolute Gasteiger partial charge is 0.0687 e. The highest BCUT2D eigenvalue weighted by atomic mass is 32.2. The number of rotatable bonds is 7. The van der Waals surface area contributed by atoms with Gasteiger partial charge >= 0.3 is 0 Å². The molecule has 0 atom stereocenters. The van der Waals surface area contributed by atoms with Crippen LogP contribution in [0.2, 0.25) is 0 Å². The Kier molecular flexibility index (Phi) is 7.56. The summed E-state index contributed by atoms with van der Waals surface area (Å²) in [6.45, 7) is 18.1. The first-order valence-electron chi connectivity index (χ1n) is 6.53. The Balaban J connectivity index is 5.26. The van der Waals surface area contributed by atoms with Gasteiger partial charge in [0.15, 0.2) is 0 Å².